The van der Waals surface area contributed by atoms with Gasteiger partial charge in [-0.05, 0) is 56.0 Å². The zero-order valence-corrected chi connectivity index (χ0v) is 12.4. The van der Waals surface area contributed by atoms with Gasteiger partial charge in [-0.15, -0.1) is 0 Å². The molecule has 2 nitrogen and oxygen atoms in total. The molecule has 0 aromatic heterocycles. The van der Waals surface area contributed by atoms with Crippen molar-refractivity contribution < 1.29 is 0 Å². The molecule has 1 aliphatic heterocycles. The third kappa shape index (κ3) is 2.69. The van der Waals surface area contributed by atoms with Crippen molar-refractivity contribution in [3.05, 3.63) is 29.3 Å². The fraction of sp³-hybridized carbons (Fsp3) is 0.625. The Labute approximate surface area is 111 Å². The Kier molecular flexibility index (Phi) is 3.67. The second kappa shape index (κ2) is 4.93. The van der Waals surface area contributed by atoms with Crippen molar-refractivity contribution in [2.75, 3.05) is 25.0 Å². The van der Waals surface area contributed by atoms with Gasteiger partial charge in [-0.2, -0.15) is 0 Å². The van der Waals surface area contributed by atoms with Gasteiger partial charge >= 0.3 is 0 Å². The summed E-state index contributed by atoms with van der Waals surface area (Å²) in [5.41, 5.74) is 4.43. The molecule has 1 N–H and O–H groups in total. The fourth-order valence-corrected chi connectivity index (χ4v) is 3.25. The first kappa shape index (κ1) is 13.4. The van der Waals surface area contributed by atoms with Crippen LogP contribution in [0.4, 0.5) is 5.69 Å². The zero-order valence-electron chi connectivity index (χ0n) is 12.4. The summed E-state index contributed by atoms with van der Waals surface area (Å²) in [4.78, 5) is 2.54. The summed E-state index contributed by atoms with van der Waals surface area (Å²) in [6.07, 6.45) is 1.22. The molecular formula is C16H26N2. The average Bonchev–Trinajstić information content (AvgIpc) is 2.26. The second-order valence-corrected chi connectivity index (χ2v) is 6.39. The van der Waals surface area contributed by atoms with Crippen LogP contribution < -0.4 is 10.2 Å². The van der Waals surface area contributed by atoms with Crippen molar-refractivity contribution >= 4 is 5.69 Å². The number of rotatable bonds is 2. The van der Waals surface area contributed by atoms with Crippen molar-refractivity contribution in [2.24, 2.45) is 5.41 Å². The minimum absolute atomic E-state index is 0.324. The number of anilines is 1. The molecule has 1 aromatic carbocycles. The lowest BCUT2D eigenvalue weighted by Gasteiger charge is -2.45. The molecule has 0 bridgehead atoms. The Morgan fingerprint density at radius 2 is 1.78 bits per heavy atom. The maximum absolute atomic E-state index is 3.46. The summed E-state index contributed by atoms with van der Waals surface area (Å²) in [6.45, 7) is 11.4. The molecule has 0 saturated carbocycles. The highest BCUT2D eigenvalue weighted by atomic mass is 15.2. The molecule has 1 heterocycles. The number of hydrogen-bond acceptors (Lipinski definition) is 2. The van der Waals surface area contributed by atoms with Crippen molar-refractivity contribution in [1.29, 1.82) is 0 Å². The number of benzene rings is 1. The van der Waals surface area contributed by atoms with E-state index in [1.807, 2.05) is 0 Å². The lowest BCUT2D eigenvalue weighted by Crippen LogP contribution is -2.53. The summed E-state index contributed by atoms with van der Waals surface area (Å²) >= 11 is 0. The van der Waals surface area contributed by atoms with Gasteiger partial charge in [0, 0.05) is 24.8 Å². The van der Waals surface area contributed by atoms with Crippen LogP contribution in [-0.2, 0) is 0 Å². The third-order valence-corrected chi connectivity index (χ3v) is 4.15. The van der Waals surface area contributed by atoms with Crippen LogP contribution in [-0.4, -0.2) is 26.2 Å². The SMILES string of the molecule is CNC1CCN(c2cc(C)cc(C)c2)CC1(C)C. The van der Waals surface area contributed by atoms with E-state index >= 15 is 0 Å². The molecule has 2 heteroatoms. The minimum atomic E-state index is 0.324. The lowest BCUT2D eigenvalue weighted by molar-refractivity contribution is 0.215. The smallest absolute Gasteiger partial charge is 0.0371 e. The fourth-order valence-electron chi connectivity index (χ4n) is 3.25. The van der Waals surface area contributed by atoms with Gasteiger partial charge in [-0.25, -0.2) is 0 Å². The van der Waals surface area contributed by atoms with E-state index in [-0.39, 0.29) is 0 Å². The molecule has 1 saturated heterocycles. The van der Waals surface area contributed by atoms with Gasteiger partial charge in [0.05, 0.1) is 0 Å². The van der Waals surface area contributed by atoms with Crippen LogP contribution in [0.1, 0.15) is 31.4 Å². The molecule has 1 aliphatic rings. The maximum atomic E-state index is 3.46. The van der Waals surface area contributed by atoms with E-state index in [0.717, 1.165) is 13.1 Å². The monoisotopic (exact) mass is 246 g/mol. The van der Waals surface area contributed by atoms with Gasteiger partial charge < -0.3 is 10.2 Å². The minimum Gasteiger partial charge on any atom is -0.371 e. The molecule has 0 radical (unpaired) electrons. The van der Waals surface area contributed by atoms with E-state index in [2.05, 4.69) is 63.2 Å². The summed E-state index contributed by atoms with van der Waals surface area (Å²) in [5, 5.41) is 3.46. The highest BCUT2D eigenvalue weighted by molar-refractivity contribution is 5.51. The molecule has 0 aliphatic carbocycles. The van der Waals surface area contributed by atoms with Gasteiger partial charge in [0.2, 0.25) is 0 Å². The molecule has 0 spiro atoms. The molecule has 2 rings (SSSR count). The Balaban J connectivity index is 2.20. The number of aryl methyl sites for hydroxylation is 2. The second-order valence-electron chi connectivity index (χ2n) is 6.39. The Morgan fingerprint density at radius 1 is 1.17 bits per heavy atom. The normalized spacial score (nSPS) is 23.2. The molecule has 1 fully saturated rings. The summed E-state index contributed by atoms with van der Waals surface area (Å²) in [5.74, 6) is 0. The third-order valence-electron chi connectivity index (χ3n) is 4.15. The first-order valence-corrected chi connectivity index (χ1v) is 6.93. The Bertz CT molecular complexity index is 403. The number of nitrogens with zero attached hydrogens (tertiary/aromatic N) is 1. The van der Waals surface area contributed by atoms with Crippen molar-refractivity contribution in [2.45, 2.75) is 40.2 Å². The summed E-state index contributed by atoms with van der Waals surface area (Å²) in [7, 11) is 2.08. The highest BCUT2D eigenvalue weighted by Crippen LogP contribution is 2.32. The van der Waals surface area contributed by atoms with Gasteiger partial charge in [0.25, 0.3) is 0 Å². The van der Waals surface area contributed by atoms with Crippen LogP contribution in [0, 0.1) is 19.3 Å². The van der Waals surface area contributed by atoms with E-state index in [1.165, 1.54) is 23.2 Å². The first-order valence-electron chi connectivity index (χ1n) is 6.93. The quantitative estimate of drug-likeness (QED) is 0.862. The standard InChI is InChI=1S/C16H26N2/c1-12-8-13(2)10-14(9-12)18-7-6-15(17-5)16(3,4)11-18/h8-10,15,17H,6-7,11H2,1-5H3. The molecule has 1 unspecified atom stereocenters. The predicted molar refractivity (Wildman–Crippen MR) is 79.4 cm³/mol. The summed E-state index contributed by atoms with van der Waals surface area (Å²) < 4.78 is 0. The topological polar surface area (TPSA) is 15.3 Å². The van der Waals surface area contributed by atoms with Crippen molar-refractivity contribution in [3.63, 3.8) is 0 Å². The zero-order chi connectivity index (χ0) is 13.3. The molecule has 0 amide bonds. The van der Waals surface area contributed by atoms with E-state index in [9.17, 15) is 0 Å². The van der Waals surface area contributed by atoms with Crippen molar-refractivity contribution in [3.8, 4) is 0 Å². The lowest BCUT2D eigenvalue weighted by atomic mass is 9.79. The van der Waals surface area contributed by atoms with Gasteiger partial charge in [-0.3, -0.25) is 0 Å². The molecule has 18 heavy (non-hydrogen) atoms. The largest absolute Gasteiger partial charge is 0.371 e. The molecule has 1 aromatic rings. The number of piperidine rings is 1. The van der Waals surface area contributed by atoms with Crippen LogP contribution in [0.25, 0.3) is 0 Å². The van der Waals surface area contributed by atoms with Crippen LogP contribution in [0.3, 0.4) is 0 Å². The number of nitrogens with one attached hydrogen (secondary N) is 1. The molecule has 1 atom stereocenters. The predicted octanol–water partition coefficient (Wildman–Crippen LogP) is 3.13. The van der Waals surface area contributed by atoms with Crippen LogP contribution >= 0.6 is 0 Å². The van der Waals surface area contributed by atoms with Crippen LogP contribution in [0.2, 0.25) is 0 Å². The van der Waals surface area contributed by atoms with E-state index in [1.54, 1.807) is 0 Å². The van der Waals surface area contributed by atoms with Gasteiger partial charge in [0.15, 0.2) is 0 Å². The van der Waals surface area contributed by atoms with Crippen LogP contribution in [0.15, 0.2) is 18.2 Å². The average molecular weight is 246 g/mol. The molecular weight excluding hydrogens is 220 g/mol. The Morgan fingerprint density at radius 3 is 2.28 bits per heavy atom. The van der Waals surface area contributed by atoms with E-state index in [4.69, 9.17) is 0 Å². The maximum Gasteiger partial charge on any atom is 0.0371 e. The van der Waals surface area contributed by atoms with Gasteiger partial charge in [0.1, 0.15) is 0 Å². The molecule has 100 valence electrons. The Hall–Kier alpha value is -1.02. The van der Waals surface area contributed by atoms with Gasteiger partial charge in [-0.1, -0.05) is 19.9 Å². The van der Waals surface area contributed by atoms with E-state index in [0.29, 0.717) is 11.5 Å². The van der Waals surface area contributed by atoms with E-state index < -0.39 is 0 Å². The highest BCUT2D eigenvalue weighted by Gasteiger charge is 2.34. The first-order chi connectivity index (χ1) is 8.42. The number of hydrogen-bond donors (Lipinski definition) is 1. The summed E-state index contributed by atoms with van der Waals surface area (Å²) in [6, 6.07) is 7.49. The van der Waals surface area contributed by atoms with Crippen LogP contribution in [0.5, 0.6) is 0 Å². The van der Waals surface area contributed by atoms with Crippen molar-refractivity contribution in [1.82, 2.24) is 5.32 Å².